The smallest absolute Gasteiger partial charge is 0.239 e. The van der Waals surface area contributed by atoms with Crippen LogP contribution in [0.4, 0.5) is 17.2 Å². The Labute approximate surface area is 202 Å². The molecule has 6 nitrogen and oxygen atoms in total. The quantitative estimate of drug-likeness (QED) is 0.264. The van der Waals surface area contributed by atoms with Gasteiger partial charge in [-0.05, 0) is 61.1 Å². The predicted molar refractivity (Wildman–Crippen MR) is 137 cm³/mol. The second-order valence-corrected chi connectivity index (χ2v) is 8.79. The van der Waals surface area contributed by atoms with Crippen LogP contribution in [-0.2, 0) is 4.79 Å². The van der Waals surface area contributed by atoms with Gasteiger partial charge in [0.05, 0.1) is 23.1 Å². The van der Waals surface area contributed by atoms with Gasteiger partial charge in [0.25, 0.3) is 0 Å². The van der Waals surface area contributed by atoms with Gasteiger partial charge in [0.1, 0.15) is 11.6 Å². The molecule has 0 aliphatic heterocycles. The van der Waals surface area contributed by atoms with Crippen molar-refractivity contribution in [1.29, 1.82) is 0 Å². The fourth-order valence-electron chi connectivity index (χ4n) is 2.82. The third-order valence-corrected chi connectivity index (χ3v) is 6.15. The third kappa shape index (κ3) is 6.85. The van der Waals surface area contributed by atoms with E-state index in [1.54, 1.807) is 19.2 Å². The number of nitrogens with zero attached hydrogens (tertiary/aromatic N) is 1. The molecular formula is C23H23ClN4O2S2. The molecular weight excluding hydrogens is 464 g/mol. The van der Waals surface area contributed by atoms with Gasteiger partial charge in [0, 0.05) is 16.8 Å². The molecule has 3 aromatic rings. The molecule has 0 fully saturated rings. The number of rotatable bonds is 8. The minimum absolute atomic E-state index is 0.112. The maximum atomic E-state index is 12.7. The summed E-state index contributed by atoms with van der Waals surface area (Å²) < 4.78 is 5.34. The summed E-state index contributed by atoms with van der Waals surface area (Å²) in [6.07, 6.45) is 2.16. The molecule has 2 aromatic carbocycles. The number of hydrogen-bond donors (Lipinski definition) is 3. The van der Waals surface area contributed by atoms with E-state index in [2.05, 4.69) is 20.9 Å². The van der Waals surface area contributed by atoms with Gasteiger partial charge in [-0.3, -0.25) is 4.79 Å². The Balaban J connectivity index is 1.62. The maximum absolute atomic E-state index is 12.7. The van der Waals surface area contributed by atoms with E-state index in [4.69, 9.17) is 28.6 Å². The molecule has 0 bridgehead atoms. The van der Waals surface area contributed by atoms with E-state index in [-0.39, 0.29) is 11.2 Å². The van der Waals surface area contributed by atoms with Crippen LogP contribution in [-0.4, -0.2) is 28.4 Å². The Morgan fingerprint density at radius 3 is 2.66 bits per heavy atom. The molecule has 3 N–H and O–H groups in total. The number of pyridine rings is 1. The number of carbonyl (C=O) groups is 1. The summed E-state index contributed by atoms with van der Waals surface area (Å²) in [5.41, 5.74) is 1.59. The summed E-state index contributed by atoms with van der Waals surface area (Å²) >= 11 is 12.8. The Morgan fingerprint density at radius 2 is 1.94 bits per heavy atom. The Morgan fingerprint density at radius 1 is 1.12 bits per heavy atom. The van der Waals surface area contributed by atoms with Crippen LogP contribution in [0.3, 0.4) is 0 Å². The topological polar surface area (TPSA) is 75.3 Å². The SMILES string of the molecule is CCC(Sc1cccc(NC(=S)Nc2ccccc2OC)c1)C(=O)Nc1ccc(Cl)cn1. The third-order valence-electron chi connectivity index (χ3n) is 4.37. The molecule has 0 aliphatic carbocycles. The Kier molecular flexibility index (Phi) is 8.72. The van der Waals surface area contributed by atoms with Gasteiger partial charge in [-0.25, -0.2) is 4.98 Å². The molecule has 3 rings (SSSR count). The van der Waals surface area contributed by atoms with Gasteiger partial charge < -0.3 is 20.7 Å². The van der Waals surface area contributed by atoms with Crippen molar-refractivity contribution in [3.8, 4) is 5.75 Å². The summed E-state index contributed by atoms with van der Waals surface area (Å²) in [6, 6.07) is 18.7. The first-order chi connectivity index (χ1) is 15.5. The average Bonchev–Trinajstić information content (AvgIpc) is 2.79. The highest BCUT2D eigenvalue weighted by atomic mass is 35.5. The fourth-order valence-corrected chi connectivity index (χ4v) is 4.18. The number of hydrogen-bond acceptors (Lipinski definition) is 5. The highest BCUT2D eigenvalue weighted by molar-refractivity contribution is 8.00. The van der Waals surface area contributed by atoms with E-state index in [0.29, 0.717) is 28.1 Å². The van der Waals surface area contributed by atoms with E-state index in [1.165, 1.54) is 18.0 Å². The molecule has 0 saturated carbocycles. The number of thiocarbonyl (C=S) groups is 1. The summed E-state index contributed by atoms with van der Waals surface area (Å²) in [4.78, 5) is 17.8. The number of thioether (sulfide) groups is 1. The first-order valence-corrected chi connectivity index (χ1v) is 11.5. The number of anilines is 3. The second kappa shape index (κ2) is 11.7. The molecule has 0 radical (unpaired) electrons. The molecule has 1 aromatic heterocycles. The van der Waals surface area contributed by atoms with Gasteiger partial charge in [0.15, 0.2) is 5.11 Å². The number of aromatic nitrogens is 1. The lowest BCUT2D eigenvalue weighted by Crippen LogP contribution is -2.25. The van der Waals surface area contributed by atoms with Crippen molar-refractivity contribution in [2.24, 2.45) is 0 Å². The van der Waals surface area contributed by atoms with Gasteiger partial charge in [-0.1, -0.05) is 36.7 Å². The second-order valence-electron chi connectivity index (χ2n) is 6.67. The standard InChI is InChI=1S/C23H23ClN4O2S2/c1-3-20(22(29)28-21-12-11-15(24)14-25-21)32-17-8-6-7-16(13-17)26-23(31)27-18-9-4-5-10-19(18)30-2/h4-14,20H,3H2,1-2H3,(H,25,28,29)(H2,26,27,31). The number of para-hydroxylation sites is 2. The number of halogens is 1. The minimum Gasteiger partial charge on any atom is -0.495 e. The zero-order valence-electron chi connectivity index (χ0n) is 17.6. The maximum Gasteiger partial charge on any atom is 0.239 e. The van der Waals surface area contributed by atoms with Gasteiger partial charge in [-0.15, -0.1) is 11.8 Å². The summed E-state index contributed by atoms with van der Waals surface area (Å²) in [5, 5.41) is 9.84. The van der Waals surface area contributed by atoms with Crippen LogP contribution in [0.2, 0.25) is 5.02 Å². The monoisotopic (exact) mass is 486 g/mol. The van der Waals surface area contributed by atoms with Gasteiger partial charge in [-0.2, -0.15) is 0 Å². The van der Waals surface area contributed by atoms with Crippen molar-refractivity contribution in [3.63, 3.8) is 0 Å². The zero-order valence-corrected chi connectivity index (χ0v) is 20.0. The van der Waals surface area contributed by atoms with Crippen LogP contribution in [0.15, 0.2) is 71.8 Å². The number of ether oxygens (including phenoxy) is 1. The lowest BCUT2D eigenvalue weighted by atomic mass is 10.3. The number of amides is 1. The Hall–Kier alpha value is -2.81. The lowest BCUT2D eigenvalue weighted by molar-refractivity contribution is -0.115. The number of carbonyl (C=O) groups excluding carboxylic acids is 1. The fraction of sp³-hybridized carbons (Fsp3) is 0.174. The van der Waals surface area contributed by atoms with E-state index in [1.807, 2.05) is 55.5 Å². The Bertz CT molecular complexity index is 1080. The van der Waals surface area contributed by atoms with Crippen molar-refractivity contribution in [1.82, 2.24) is 4.98 Å². The highest BCUT2D eigenvalue weighted by Gasteiger charge is 2.19. The van der Waals surface area contributed by atoms with Crippen molar-refractivity contribution in [2.75, 3.05) is 23.1 Å². The highest BCUT2D eigenvalue weighted by Crippen LogP contribution is 2.29. The van der Waals surface area contributed by atoms with Crippen LogP contribution in [0, 0.1) is 0 Å². The lowest BCUT2D eigenvalue weighted by Gasteiger charge is -2.16. The molecule has 1 amide bonds. The largest absolute Gasteiger partial charge is 0.495 e. The number of methoxy groups -OCH3 is 1. The summed E-state index contributed by atoms with van der Waals surface area (Å²) in [7, 11) is 1.61. The van der Waals surface area contributed by atoms with Crippen LogP contribution < -0.4 is 20.7 Å². The van der Waals surface area contributed by atoms with Crippen molar-refractivity contribution in [3.05, 3.63) is 71.9 Å². The van der Waals surface area contributed by atoms with Crippen LogP contribution in [0.25, 0.3) is 0 Å². The molecule has 9 heteroatoms. The number of nitrogens with one attached hydrogen (secondary N) is 3. The van der Waals surface area contributed by atoms with Crippen molar-refractivity contribution < 1.29 is 9.53 Å². The molecule has 0 spiro atoms. The average molecular weight is 487 g/mol. The molecule has 0 saturated heterocycles. The minimum atomic E-state index is -0.276. The van der Waals surface area contributed by atoms with E-state index >= 15 is 0 Å². The van der Waals surface area contributed by atoms with E-state index in [0.717, 1.165) is 16.3 Å². The molecule has 1 heterocycles. The molecule has 1 unspecified atom stereocenters. The first kappa shape index (κ1) is 23.8. The summed E-state index contributed by atoms with van der Waals surface area (Å²) in [5.74, 6) is 1.06. The zero-order chi connectivity index (χ0) is 22.9. The molecule has 0 aliphatic rings. The van der Waals surface area contributed by atoms with Crippen LogP contribution >= 0.6 is 35.6 Å². The van der Waals surface area contributed by atoms with Crippen LogP contribution in [0.5, 0.6) is 5.75 Å². The van der Waals surface area contributed by atoms with Crippen molar-refractivity contribution in [2.45, 2.75) is 23.5 Å². The van der Waals surface area contributed by atoms with Crippen molar-refractivity contribution >= 4 is 63.8 Å². The van der Waals surface area contributed by atoms with Crippen LogP contribution in [0.1, 0.15) is 13.3 Å². The first-order valence-electron chi connectivity index (χ1n) is 9.88. The van der Waals surface area contributed by atoms with E-state index in [9.17, 15) is 4.79 Å². The molecule has 1 atom stereocenters. The summed E-state index contributed by atoms with van der Waals surface area (Å²) in [6.45, 7) is 1.97. The predicted octanol–water partition coefficient (Wildman–Crippen LogP) is 6.06. The molecule has 166 valence electrons. The van der Waals surface area contributed by atoms with Gasteiger partial charge >= 0.3 is 0 Å². The number of benzene rings is 2. The van der Waals surface area contributed by atoms with E-state index < -0.39 is 0 Å². The molecule has 32 heavy (non-hydrogen) atoms. The van der Waals surface area contributed by atoms with Gasteiger partial charge in [0.2, 0.25) is 5.91 Å². The normalized spacial score (nSPS) is 11.3.